The van der Waals surface area contributed by atoms with Crippen LogP contribution < -0.4 is 0 Å². The summed E-state index contributed by atoms with van der Waals surface area (Å²) in [5, 5.41) is 21.2. The molecule has 1 fully saturated rings. The Balaban J connectivity index is 1.38. The van der Waals surface area contributed by atoms with Gasteiger partial charge in [-0.2, -0.15) is 0 Å². The Kier molecular flexibility index (Phi) is 19.6. The van der Waals surface area contributed by atoms with Crippen molar-refractivity contribution in [1.82, 2.24) is 0 Å². The fraction of sp³-hybridized carbons (Fsp3) is 0.857. The minimum atomic E-state index is -0.433. The number of cyclic esters (lactones) is 1. The van der Waals surface area contributed by atoms with Gasteiger partial charge in [-0.05, 0) is 70.8 Å². The summed E-state index contributed by atoms with van der Waals surface area (Å²) in [6.45, 7) is 4.17. The summed E-state index contributed by atoms with van der Waals surface area (Å²) in [5.41, 5.74) is 0.856. The van der Waals surface area contributed by atoms with Crippen LogP contribution >= 0.6 is 0 Å². The highest BCUT2D eigenvalue weighted by molar-refractivity contribution is 5.90. The van der Waals surface area contributed by atoms with Crippen LogP contribution in [0.1, 0.15) is 162 Å². The third-order valence-corrected chi connectivity index (χ3v) is 8.65. The van der Waals surface area contributed by atoms with Crippen LogP contribution in [0.5, 0.6) is 0 Å². The quantitative estimate of drug-likeness (QED) is 0.0660. The molecule has 5 heteroatoms. The van der Waals surface area contributed by atoms with Gasteiger partial charge in [0.25, 0.3) is 0 Å². The minimum absolute atomic E-state index is 0.0548. The lowest BCUT2D eigenvalue weighted by Gasteiger charge is -2.22. The fourth-order valence-corrected chi connectivity index (χ4v) is 6.07. The largest absolute Gasteiger partial charge is 0.455 e. The normalized spacial score (nSPS) is 22.6. The number of hydrogen-bond donors (Lipinski definition) is 2. The van der Waals surface area contributed by atoms with E-state index in [1.807, 2.05) is 13.0 Å². The van der Waals surface area contributed by atoms with E-state index in [1.165, 1.54) is 83.5 Å². The number of unbranched alkanes of at least 4 members (excludes halogenated alkanes) is 15. The van der Waals surface area contributed by atoms with Crippen molar-refractivity contribution >= 4 is 5.97 Å². The van der Waals surface area contributed by atoms with E-state index in [1.54, 1.807) is 0 Å². The standard InChI is InChI=1S/C35H62O5/c1-3-4-5-6-7-8-9-10-11-15-18-21-24-31(36)33-26-27-34(40-33)32(37)25-22-19-16-13-12-14-17-20-23-30-28-29(2)39-35(30)38/h15,18,28-29,31-34,36-37H,3-14,16-17,19-27H2,1-2H3/t29?,31-,32-,33-,34-/m1/s1. The van der Waals surface area contributed by atoms with Crippen LogP contribution in [-0.2, 0) is 14.3 Å². The maximum atomic E-state index is 11.6. The van der Waals surface area contributed by atoms with Gasteiger partial charge in [-0.1, -0.05) is 109 Å². The molecule has 1 saturated heterocycles. The second-order valence-corrected chi connectivity index (χ2v) is 12.4. The topological polar surface area (TPSA) is 76.0 Å². The Morgan fingerprint density at radius 3 is 1.88 bits per heavy atom. The molecular formula is C35H62O5. The Labute approximate surface area is 246 Å². The third kappa shape index (κ3) is 15.7. The van der Waals surface area contributed by atoms with Crippen molar-refractivity contribution in [3.63, 3.8) is 0 Å². The second kappa shape index (κ2) is 22.4. The second-order valence-electron chi connectivity index (χ2n) is 12.4. The maximum Gasteiger partial charge on any atom is 0.334 e. The molecule has 0 amide bonds. The van der Waals surface area contributed by atoms with Crippen LogP contribution in [0.4, 0.5) is 0 Å². The van der Waals surface area contributed by atoms with Crippen LogP contribution in [0, 0.1) is 0 Å². The van der Waals surface area contributed by atoms with Crippen LogP contribution in [0.2, 0.25) is 0 Å². The zero-order chi connectivity index (χ0) is 28.8. The number of ether oxygens (including phenoxy) is 2. The van der Waals surface area contributed by atoms with E-state index < -0.39 is 12.2 Å². The number of allylic oxidation sites excluding steroid dienone is 2. The molecule has 2 rings (SSSR count). The molecule has 0 bridgehead atoms. The van der Waals surface area contributed by atoms with Crippen molar-refractivity contribution in [3.05, 3.63) is 23.8 Å². The van der Waals surface area contributed by atoms with E-state index in [0.29, 0.717) is 0 Å². The van der Waals surface area contributed by atoms with Crippen molar-refractivity contribution in [2.45, 2.75) is 192 Å². The lowest BCUT2D eigenvalue weighted by molar-refractivity contribution is -0.139. The summed E-state index contributed by atoms with van der Waals surface area (Å²) in [6, 6.07) is 0. The minimum Gasteiger partial charge on any atom is -0.455 e. The first kappa shape index (κ1) is 35.0. The summed E-state index contributed by atoms with van der Waals surface area (Å²) < 4.78 is 11.2. The van der Waals surface area contributed by atoms with Crippen LogP contribution in [0.3, 0.4) is 0 Å². The Hall–Kier alpha value is -1.17. The molecule has 0 aromatic rings. The Morgan fingerprint density at radius 2 is 1.27 bits per heavy atom. The summed E-state index contributed by atoms with van der Waals surface area (Å²) in [6.07, 6.45) is 31.6. The molecule has 40 heavy (non-hydrogen) atoms. The van der Waals surface area contributed by atoms with Crippen LogP contribution in [-0.4, -0.2) is 46.7 Å². The predicted octanol–water partition coefficient (Wildman–Crippen LogP) is 8.90. The smallest absolute Gasteiger partial charge is 0.334 e. The summed E-state index contributed by atoms with van der Waals surface area (Å²) in [4.78, 5) is 11.6. The number of rotatable bonds is 25. The first-order chi connectivity index (χ1) is 19.5. The fourth-order valence-electron chi connectivity index (χ4n) is 6.07. The molecule has 0 aliphatic carbocycles. The van der Waals surface area contributed by atoms with E-state index in [0.717, 1.165) is 69.8 Å². The molecule has 0 aromatic carbocycles. The van der Waals surface area contributed by atoms with Crippen LogP contribution in [0.15, 0.2) is 23.8 Å². The van der Waals surface area contributed by atoms with Gasteiger partial charge < -0.3 is 19.7 Å². The average Bonchev–Trinajstić information content (AvgIpc) is 3.56. The van der Waals surface area contributed by atoms with E-state index in [2.05, 4.69) is 19.1 Å². The number of hydrogen-bond acceptors (Lipinski definition) is 5. The predicted molar refractivity (Wildman–Crippen MR) is 165 cm³/mol. The van der Waals surface area contributed by atoms with Crippen molar-refractivity contribution in [2.75, 3.05) is 0 Å². The Bertz CT molecular complexity index is 702. The van der Waals surface area contributed by atoms with Crippen molar-refractivity contribution in [3.8, 4) is 0 Å². The van der Waals surface area contributed by atoms with Crippen LogP contribution in [0.25, 0.3) is 0 Å². The Morgan fingerprint density at radius 1 is 0.750 bits per heavy atom. The molecular weight excluding hydrogens is 500 g/mol. The van der Waals surface area contributed by atoms with Gasteiger partial charge in [0, 0.05) is 5.57 Å². The van der Waals surface area contributed by atoms with E-state index in [9.17, 15) is 15.0 Å². The molecule has 0 saturated carbocycles. The van der Waals surface area contributed by atoms with Gasteiger partial charge in [0.05, 0.1) is 24.4 Å². The summed E-state index contributed by atoms with van der Waals surface area (Å²) in [7, 11) is 0. The first-order valence-electron chi connectivity index (χ1n) is 17.1. The molecule has 2 aliphatic rings. The van der Waals surface area contributed by atoms with E-state index >= 15 is 0 Å². The molecule has 2 heterocycles. The van der Waals surface area contributed by atoms with E-state index in [4.69, 9.17) is 9.47 Å². The van der Waals surface area contributed by atoms with Gasteiger partial charge in [0.2, 0.25) is 0 Å². The molecule has 0 spiro atoms. The summed E-state index contributed by atoms with van der Waals surface area (Å²) >= 11 is 0. The zero-order valence-corrected chi connectivity index (χ0v) is 26.0. The van der Waals surface area contributed by atoms with Gasteiger partial charge in [0.1, 0.15) is 6.10 Å². The van der Waals surface area contributed by atoms with E-state index in [-0.39, 0.29) is 24.3 Å². The third-order valence-electron chi connectivity index (χ3n) is 8.65. The molecule has 0 aromatic heterocycles. The van der Waals surface area contributed by atoms with Gasteiger partial charge in [0.15, 0.2) is 0 Å². The highest BCUT2D eigenvalue weighted by atomic mass is 16.5. The summed E-state index contributed by atoms with van der Waals surface area (Å²) in [5.74, 6) is -0.128. The number of aliphatic hydroxyl groups excluding tert-OH is 2. The monoisotopic (exact) mass is 562 g/mol. The SMILES string of the molecule is CCCCCCCCCCC=CCC[C@@H](O)[C@H]1CC[C@H]([C@H](O)CCCCCCCCCCC2=CC(C)OC2=O)O1. The molecule has 5 nitrogen and oxygen atoms in total. The van der Waals surface area contributed by atoms with Crippen molar-refractivity contribution < 1.29 is 24.5 Å². The average molecular weight is 563 g/mol. The van der Waals surface area contributed by atoms with Gasteiger partial charge in [-0.3, -0.25) is 0 Å². The molecule has 2 aliphatic heterocycles. The molecule has 1 unspecified atom stereocenters. The lowest BCUT2D eigenvalue weighted by Crippen LogP contribution is -2.30. The van der Waals surface area contributed by atoms with Gasteiger partial charge in [-0.15, -0.1) is 0 Å². The number of aliphatic hydroxyl groups is 2. The highest BCUT2D eigenvalue weighted by Gasteiger charge is 2.33. The lowest BCUT2D eigenvalue weighted by atomic mass is 10.0. The van der Waals surface area contributed by atoms with Gasteiger partial charge >= 0.3 is 5.97 Å². The van der Waals surface area contributed by atoms with Gasteiger partial charge in [-0.25, -0.2) is 4.79 Å². The molecule has 5 atom stereocenters. The maximum absolute atomic E-state index is 11.6. The highest BCUT2D eigenvalue weighted by Crippen LogP contribution is 2.28. The number of carbonyl (C=O) groups is 1. The number of esters is 1. The zero-order valence-electron chi connectivity index (χ0n) is 26.0. The van der Waals surface area contributed by atoms with Crippen molar-refractivity contribution in [2.24, 2.45) is 0 Å². The molecule has 232 valence electrons. The van der Waals surface area contributed by atoms with Crippen molar-refractivity contribution in [1.29, 1.82) is 0 Å². The first-order valence-corrected chi connectivity index (χ1v) is 17.1. The number of carbonyl (C=O) groups excluding carboxylic acids is 1. The molecule has 0 radical (unpaired) electrons. The molecule has 2 N–H and O–H groups in total.